The van der Waals surface area contributed by atoms with Crippen molar-refractivity contribution in [3.05, 3.63) is 35.9 Å². The molecule has 0 N–H and O–H groups in total. The van der Waals surface area contributed by atoms with Crippen molar-refractivity contribution < 1.29 is 28.4 Å². The molecule has 0 heterocycles. The van der Waals surface area contributed by atoms with Crippen LogP contribution in [0.3, 0.4) is 0 Å². The molecular weight excluding hydrogens is 396 g/mol. The van der Waals surface area contributed by atoms with Crippen LogP contribution in [0.5, 0.6) is 0 Å². The number of hydrogen-bond donors (Lipinski definition) is 0. The van der Waals surface area contributed by atoms with Gasteiger partial charge in [0, 0.05) is 21.3 Å². The molecule has 1 atom stereocenters. The summed E-state index contributed by atoms with van der Waals surface area (Å²) in [4.78, 5) is 0. The first-order valence-corrected chi connectivity index (χ1v) is 11.7. The molecule has 6 nitrogen and oxygen atoms in total. The Hall–Kier alpha value is -1.02. The van der Waals surface area contributed by atoms with Crippen molar-refractivity contribution in [2.24, 2.45) is 0 Å². The summed E-state index contributed by atoms with van der Waals surface area (Å²) >= 11 is 0. The number of unbranched alkanes of at least 4 members (excludes halogenated alkanes) is 5. The molecule has 31 heavy (non-hydrogen) atoms. The van der Waals surface area contributed by atoms with E-state index in [2.05, 4.69) is 19.1 Å². The van der Waals surface area contributed by atoms with E-state index in [1.807, 2.05) is 18.2 Å². The third kappa shape index (κ3) is 11.4. The molecule has 0 aliphatic heterocycles. The van der Waals surface area contributed by atoms with Crippen LogP contribution in [0.4, 0.5) is 0 Å². The minimum absolute atomic E-state index is 0.0783. The lowest BCUT2D eigenvalue weighted by molar-refractivity contribution is -0.396. The van der Waals surface area contributed by atoms with Crippen molar-refractivity contribution in [3.63, 3.8) is 0 Å². The second kappa shape index (κ2) is 18.5. The summed E-state index contributed by atoms with van der Waals surface area (Å²) < 4.78 is 34.6. The molecule has 0 fully saturated rings. The zero-order chi connectivity index (χ0) is 22.6. The van der Waals surface area contributed by atoms with Crippen molar-refractivity contribution in [1.29, 1.82) is 0 Å². The quantitative estimate of drug-likeness (QED) is 0.194. The molecule has 1 rings (SSSR count). The molecule has 1 unspecified atom stereocenters. The molecule has 0 saturated carbocycles. The highest BCUT2D eigenvalue weighted by molar-refractivity contribution is 5.21. The molecular formula is C25H44O6. The third-order valence-corrected chi connectivity index (χ3v) is 5.25. The van der Waals surface area contributed by atoms with Crippen LogP contribution in [-0.4, -0.2) is 66.9 Å². The van der Waals surface area contributed by atoms with Crippen molar-refractivity contribution in [2.45, 2.75) is 63.8 Å². The molecule has 0 bridgehead atoms. The van der Waals surface area contributed by atoms with Gasteiger partial charge in [0.05, 0.1) is 45.6 Å². The minimum Gasteiger partial charge on any atom is -0.382 e. The van der Waals surface area contributed by atoms with Gasteiger partial charge in [-0.1, -0.05) is 75.8 Å². The van der Waals surface area contributed by atoms with Gasteiger partial charge >= 0.3 is 0 Å². The maximum atomic E-state index is 6.29. The van der Waals surface area contributed by atoms with Crippen molar-refractivity contribution in [3.8, 4) is 0 Å². The molecule has 0 radical (unpaired) electrons. The minimum atomic E-state index is -1.22. The van der Waals surface area contributed by atoms with Gasteiger partial charge in [-0.15, -0.1) is 0 Å². The van der Waals surface area contributed by atoms with Gasteiger partial charge in [-0.3, -0.25) is 0 Å². The summed E-state index contributed by atoms with van der Waals surface area (Å²) in [6.07, 6.45) is 8.27. The highest BCUT2D eigenvalue weighted by atomic mass is 16.9. The maximum Gasteiger partial charge on any atom is 0.290 e. The van der Waals surface area contributed by atoms with Crippen molar-refractivity contribution >= 4 is 0 Å². The van der Waals surface area contributed by atoms with E-state index in [0.29, 0.717) is 39.6 Å². The van der Waals surface area contributed by atoms with Crippen molar-refractivity contribution in [2.75, 3.05) is 61.0 Å². The van der Waals surface area contributed by atoms with Crippen LogP contribution >= 0.6 is 0 Å². The Morgan fingerprint density at radius 2 is 1.13 bits per heavy atom. The summed E-state index contributed by atoms with van der Waals surface area (Å²) in [7, 11) is 4.98. The van der Waals surface area contributed by atoms with Gasteiger partial charge in [0.15, 0.2) is 0 Å². The fourth-order valence-corrected chi connectivity index (χ4v) is 3.59. The monoisotopic (exact) mass is 440 g/mol. The normalized spacial score (nSPS) is 12.9. The largest absolute Gasteiger partial charge is 0.382 e. The Bertz CT molecular complexity index is 483. The lowest BCUT2D eigenvalue weighted by Gasteiger charge is -2.40. The van der Waals surface area contributed by atoms with Gasteiger partial charge in [-0.25, -0.2) is 0 Å². The van der Waals surface area contributed by atoms with Crippen LogP contribution in [0.1, 0.15) is 63.4 Å². The smallest absolute Gasteiger partial charge is 0.290 e. The first-order valence-electron chi connectivity index (χ1n) is 11.7. The first kappa shape index (κ1) is 28.0. The van der Waals surface area contributed by atoms with Crippen LogP contribution in [0.25, 0.3) is 0 Å². The Balaban J connectivity index is 3.07. The average Bonchev–Trinajstić information content (AvgIpc) is 2.79. The van der Waals surface area contributed by atoms with E-state index >= 15 is 0 Å². The number of ether oxygens (including phenoxy) is 6. The lowest BCUT2D eigenvalue weighted by atomic mass is 9.90. The Morgan fingerprint density at radius 3 is 1.61 bits per heavy atom. The van der Waals surface area contributed by atoms with Crippen LogP contribution < -0.4 is 0 Å². The van der Waals surface area contributed by atoms with Crippen LogP contribution in [-0.2, 0) is 28.4 Å². The number of benzene rings is 1. The van der Waals surface area contributed by atoms with E-state index in [9.17, 15) is 0 Å². The van der Waals surface area contributed by atoms with Gasteiger partial charge in [0.25, 0.3) is 5.97 Å². The fourth-order valence-electron chi connectivity index (χ4n) is 3.59. The zero-order valence-corrected chi connectivity index (χ0v) is 20.1. The molecule has 180 valence electrons. The zero-order valence-electron chi connectivity index (χ0n) is 20.1. The highest BCUT2D eigenvalue weighted by Crippen LogP contribution is 2.38. The Labute approximate surface area is 189 Å². The van der Waals surface area contributed by atoms with Gasteiger partial charge in [-0.2, -0.15) is 0 Å². The second-order valence-electron chi connectivity index (χ2n) is 7.65. The molecule has 0 aromatic heterocycles. The third-order valence-electron chi connectivity index (χ3n) is 5.25. The lowest BCUT2D eigenvalue weighted by Crippen LogP contribution is -2.47. The molecule has 0 aliphatic carbocycles. The number of rotatable bonds is 21. The van der Waals surface area contributed by atoms with Gasteiger partial charge in [0.2, 0.25) is 0 Å². The standard InChI is InChI=1S/C25H44O6/c1-5-6-7-8-9-13-16-24(23-14-11-10-12-15-23)25(29-20-17-26-2,30-21-18-27-3)31-22-19-28-4/h10-12,14-15,24H,5-9,13,16-22H2,1-4H3. The molecule has 1 aromatic carbocycles. The number of hydrogen-bond acceptors (Lipinski definition) is 6. The van der Waals surface area contributed by atoms with E-state index in [-0.39, 0.29) is 5.92 Å². The first-order chi connectivity index (χ1) is 15.2. The van der Waals surface area contributed by atoms with Gasteiger partial charge < -0.3 is 28.4 Å². The van der Waals surface area contributed by atoms with Gasteiger partial charge in [-0.05, 0) is 12.0 Å². The summed E-state index contributed by atoms with van der Waals surface area (Å²) in [5, 5.41) is 0. The molecule has 6 heteroatoms. The Morgan fingerprint density at radius 1 is 0.645 bits per heavy atom. The topological polar surface area (TPSA) is 55.4 Å². The fraction of sp³-hybridized carbons (Fsp3) is 0.760. The van der Waals surface area contributed by atoms with Crippen LogP contribution in [0, 0.1) is 0 Å². The summed E-state index contributed by atoms with van der Waals surface area (Å²) in [5.41, 5.74) is 1.14. The SMILES string of the molecule is CCCCCCCCC(c1ccccc1)C(OCCOC)(OCCOC)OCCOC. The molecule has 0 aliphatic rings. The summed E-state index contributed by atoms with van der Waals surface area (Å²) in [6.45, 7) is 4.74. The van der Waals surface area contributed by atoms with Gasteiger partial charge in [0.1, 0.15) is 0 Å². The molecule has 0 amide bonds. The summed E-state index contributed by atoms with van der Waals surface area (Å²) in [5.74, 6) is -1.30. The predicted molar refractivity (Wildman–Crippen MR) is 123 cm³/mol. The summed E-state index contributed by atoms with van der Waals surface area (Å²) in [6, 6.07) is 10.4. The maximum absolute atomic E-state index is 6.29. The van der Waals surface area contributed by atoms with Crippen molar-refractivity contribution in [1.82, 2.24) is 0 Å². The van der Waals surface area contributed by atoms with E-state index in [1.165, 1.54) is 32.1 Å². The van der Waals surface area contributed by atoms with E-state index < -0.39 is 5.97 Å². The second-order valence-corrected chi connectivity index (χ2v) is 7.65. The number of methoxy groups -OCH3 is 3. The molecule has 0 saturated heterocycles. The van der Waals surface area contributed by atoms with E-state index in [0.717, 1.165) is 18.4 Å². The van der Waals surface area contributed by atoms with Crippen LogP contribution in [0.2, 0.25) is 0 Å². The highest BCUT2D eigenvalue weighted by Gasteiger charge is 2.43. The molecule has 0 spiro atoms. The van der Waals surface area contributed by atoms with Crippen LogP contribution in [0.15, 0.2) is 30.3 Å². The van der Waals surface area contributed by atoms with E-state index in [1.54, 1.807) is 21.3 Å². The predicted octanol–water partition coefficient (Wildman–Crippen LogP) is 5.16. The molecule has 1 aromatic rings. The Kier molecular flexibility index (Phi) is 16.8. The van der Waals surface area contributed by atoms with E-state index in [4.69, 9.17) is 28.4 Å². The average molecular weight is 441 g/mol.